The van der Waals surface area contributed by atoms with Gasteiger partial charge in [0, 0.05) is 0 Å². The molecular formula is C7H9ClN2O2. The Hall–Kier alpha value is -1.03. The van der Waals surface area contributed by atoms with E-state index in [2.05, 4.69) is 9.97 Å². The molecule has 12 heavy (non-hydrogen) atoms. The van der Waals surface area contributed by atoms with Crippen LogP contribution in [0.5, 0.6) is 5.75 Å². The van der Waals surface area contributed by atoms with Gasteiger partial charge in [-0.05, 0) is 25.4 Å². The molecule has 1 rings (SSSR count). The van der Waals surface area contributed by atoms with Gasteiger partial charge in [0.25, 0.3) is 5.56 Å². The number of aromatic amines is 1. The van der Waals surface area contributed by atoms with Crippen molar-refractivity contribution in [3.8, 4) is 5.75 Å². The van der Waals surface area contributed by atoms with Crippen molar-refractivity contribution in [3.05, 3.63) is 21.8 Å². The van der Waals surface area contributed by atoms with Gasteiger partial charge < -0.3 is 4.74 Å². The SMILES string of the molecule is CC(C)Oc1cnc(Cl)[nH]c1=O. The smallest absolute Gasteiger partial charge is 0.294 e. The van der Waals surface area contributed by atoms with Gasteiger partial charge in [-0.1, -0.05) is 0 Å². The summed E-state index contributed by atoms with van der Waals surface area (Å²) in [6.45, 7) is 3.65. The lowest BCUT2D eigenvalue weighted by molar-refractivity contribution is 0.238. The zero-order valence-corrected chi connectivity index (χ0v) is 7.55. The van der Waals surface area contributed by atoms with Gasteiger partial charge >= 0.3 is 0 Å². The monoisotopic (exact) mass is 188 g/mol. The summed E-state index contributed by atoms with van der Waals surface area (Å²) in [4.78, 5) is 17.1. The highest BCUT2D eigenvalue weighted by Gasteiger charge is 2.03. The number of nitrogens with zero attached hydrogens (tertiary/aromatic N) is 1. The fraction of sp³-hybridized carbons (Fsp3) is 0.429. The summed E-state index contributed by atoms with van der Waals surface area (Å²) in [5.41, 5.74) is -0.358. The van der Waals surface area contributed by atoms with Crippen LogP contribution in [0, 0.1) is 0 Å². The largest absolute Gasteiger partial charge is 0.484 e. The highest BCUT2D eigenvalue weighted by Crippen LogP contribution is 2.04. The summed E-state index contributed by atoms with van der Waals surface area (Å²) in [5.74, 6) is 0.189. The molecule has 5 heteroatoms. The van der Waals surface area contributed by atoms with Crippen LogP contribution in [0.4, 0.5) is 0 Å². The molecule has 0 fully saturated rings. The first-order valence-electron chi connectivity index (χ1n) is 3.51. The van der Waals surface area contributed by atoms with E-state index in [-0.39, 0.29) is 22.7 Å². The first kappa shape index (κ1) is 9.06. The number of hydrogen-bond donors (Lipinski definition) is 1. The third-order valence-electron chi connectivity index (χ3n) is 1.10. The number of rotatable bonds is 2. The molecule has 0 spiro atoms. The van der Waals surface area contributed by atoms with Gasteiger partial charge in [-0.25, -0.2) is 4.98 Å². The van der Waals surface area contributed by atoms with Crippen LogP contribution in [0.15, 0.2) is 11.0 Å². The molecule has 66 valence electrons. The summed E-state index contributed by atoms with van der Waals surface area (Å²) in [6, 6.07) is 0. The second-order valence-electron chi connectivity index (χ2n) is 2.53. The van der Waals surface area contributed by atoms with Crippen LogP contribution in [-0.4, -0.2) is 16.1 Å². The Kier molecular flexibility index (Phi) is 2.70. The normalized spacial score (nSPS) is 10.3. The third kappa shape index (κ3) is 2.23. The molecule has 0 saturated carbocycles. The van der Waals surface area contributed by atoms with E-state index in [0.29, 0.717) is 0 Å². The quantitative estimate of drug-likeness (QED) is 0.710. The van der Waals surface area contributed by atoms with Crippen LogP contribution in [0.3, 0.4) is 0 Å². The predicted octanol–water partition coefficient (Wildman–Crippen LogP) is 1.21. The van der Waals surface area contributed by atoms with Gasteiger partial charge in [0.15, 0.2) is 0 Å². The van der Waals surface area contributed by atoms with Crippen LogP contribution >= 0.6 is 11.6 Å². The summed E-state index contributed by atoms with van der Waals surface area (Å²) in [6.07, 6.45) is 1.26. The van der Waals surface area contributed by atoms with E-state index >= 15 is 0 Å². The van der Waals surface area contributed by atoms with E-state index in [9.17, 15) is 4.79 Å². The van der Waals surface area contributed by atoms with Crippen LogP contribution in [-0.2, 0) is 0 Å². The molecule has 0 bridgehead atoms. The van der Waals surface area contributed by atoms with Crippen molar-refractivity contribution in [1.82, 2.24) is 9.97 Å². The first-order chi connectivity index (χ1) is 5.59. The zero-order chi connectivity index (χ0) is 9.14. The predicted molar refractivity (Wildman–Crippen MR) is 45.6 cm³/mol. The van der Waals surface area contributed by atoms with Crippen LogP contribution in [0.2, 0.25) is 5.28 Å². The summed E-state index contributed by atoms with van der Waals surface area (Å²) < 4.78 is 5.14. The average Bonchev–Trinajstić information content (AvgIpc) is 1.94. The lowest BCUT2D eigenvalue weighted by Gasteiger charge is -2.06. The summed E-state index contributed by atoms with van der Waals surface area (Å²) >= 11 is 5.43. The van der Waals surface area contributed by atoms with Crippen LogP contribution in [0.1, 0.15) is 13.8 Å². The van der Waals surface area contributed by atoms with Gasteiger partial charge in [0.05, 0.1) is 12.3 Å². The molecule has 0 radical (unpaired) electrons. The molecule has 1 aromatic heterocycles. The van der Waals surface area contributed by atoms with E-state index in [4.69, 9.17) is 16.3 Å². The lowest BCUT2D eigenvalue weighted by Crippen LogP contribution is -2.16. The van der Waals surface area contributed by atoms with Crippen molar-refractivity contribution in [2.24, 2.45) is 0 Å². The summed E-state index contributed by atoms with van der Waals surface area (Å²) in [7, 11) is 0. The molecule has 0 aliphatic heterocycles. The van der Waals surface area contributed by atoms with Crippen molar-refractivity contribution in [2.75, 3.05) is 0 Å². The Morgan fingerprint density at radius 3 is 2.83 bits per heavy atom. The molecule has 0 aliphatic carbocycles. The minimum atomic E-state index is -0.358. The van der Waals surface area contributed by atoms with Crippen molar-refractivity contribution >= 4 is 11.6 Å². The second kappa shape index (κ2) is 3.58. The Bertz CT molecular complexity index is 321. The maximum Gasteiger partial charge on any atom is 0.294 e. The minimum absolute atomic E-state index is 0.0472. The molecule has 0 aromatic carbocycles. The number of nitrogens with one attached hydrogen (secondary N) is 1. The van der Waals surface area contributed by atoms with Crippen molar-refractivity contribution in [2.45, 2.75) is 20.0 Å². The topological polar surface area (TPSA) is 55.0 Å². The van der Waals surface area contributed by atoms with Gasteiger partial charge in [-0.3, -0.25) is 9.78 Å². The Labute approximate surface area is 74.5 Å². The highest BCUT2D eigenvalue weighted by atomic mass is 35.5. The van der Waals surface area contributed by atoms with E-state index in [1.165, 1.54) is 6.20 Å². The molecule has 0 amide bonds. The van der Waals surface area contributed by atoms with Crippen LogP contribution < -0.4 is 10.3 Å². The molecule has 1 aromatic rings. The number of H-pyrrole nitrogens is 1. The van der Waals surface area contributed by atoms with E-state index in [1.807, 2.05) is 13.8 Å². The molecule has 0 saturated heterocycles. The van der Waals surface area contributed by atoms with Gasteiger partial charge in [0.2, 0.25) is 11.0 Å². The van der Waals surface area contributed by atoms with E-state index in [0.717, 1.165) is 0 Å². The molecule has 0 atom stereocenters. The number of halogens is 1. The third-order valence-corrected chi connectivity index (χ3v) is 1.29. The summed E-state index contributed by atoms with van der Waals surface area (Å²) in [5, 5.41) is 0.0658. The highest BCUT2D eigenvalue weighted by molar-refractivity contribution is 6.28. The molecule has 0 aliphatic rings. The van der Waals surface area contributed by atoms with Crippen LogP contribution in [0.25, 0.3) is 0 Å². The maximum absolute atomic E-state index is 11.1. The standard InChI is InChI=1S/C7H9ClN2O2/c1-4(2)12-5-3-9-7(8)10-6(5)11/h3-4H,1-2H3,(H,9,10,11). The molecule has 1 heterocycles. The molecule has 1 N–H and O–H groups in total. The lowest BCUT2D eigenvalue weighted by atomic mass is 10.5. The number of hydrogen-bond acceptors (Lipinski definition) is 3. The Morgan fingerprint density at radius 2 is 2.33 bits per heavy atom. The maximum atomic E-state index is 11.1. The Balaban J connectivity index is 2.94. The van der Waals surface area contributed by atoms with Crippen molar-refractivity contribution in [1.29, 1.82) is 0 Å². The van der Waals surface area contributed by atoms with Gasteiger partial charge in [-0.15, -0.1) is 0 Å². The molecule has 0 unspecified atom stereocenters. The average molecular weight is 189 g/mol. The zero-order valence-electron chi connectivity index (χ0n) is 6.80. The first-order valence-corrected chi connectivity index (χ1v) is 3.89. The second-order valence-corrected chi connectivity index (χ2v) is 2.89. The minimum Gasteiger partial charge on any atom is -0.484 e. The van der Waals surface area contributed by atoms with Gasteiger partial charge in [-0.2, -0.15) is 0 Å². The number of ether oxygens (including phenoxy) is 1. The molecule has 4 nitrogen and oxygen atoms in total. The number of aromatic nitrogens is 2. The van der Waals surface area contributed by atoms with Gasteiger partial charge in [0.1, 0.15) is 0 Å². The fourth-order valence-corrected chi connectivity index (χ4v) is 0.834. The van der Waals surface area contributed by atoms with Crippen molar-refractivity contribution in [3.63, 3.8) is 0 Å². The van der Waals surface area contributed by atoms with E-state index < -0.39 is 0 Å². The fourth-order valence-electron chi connectivity index (χ4n) is 0.699. The van der Waals surface area contributed by atoms with E-state index in [1.54, 1.807) is 0 Å². The Morgan fingerprint density at radius 1 is 1.67 bits per heavy atom. The van der Waals surface area contributed by atoms with Crippen molar-refractivity contribution < 1.29 is 4.74 Å². The molecular weight excluding hydrogens is 180 g/mol.